The van der Waals surface area contributed by atoms with Crippen molar-refractivity contribution in [2.45, 2.75) is 39.7 Å². The molecule has 0 amide bonds. The first-order valence-corrected chi connectivity index (χ1v) is 7.51. The van der Waals surface area contributed by atoms with Gasteiger partial charge < -0.3 is 10.5 Å². The maximum Gasteiger partial charge on any atom is 0.0589 e. The molecular formula is C16H32N2O. The average Bonchev–Trinajstić information content (AvgIpc) is 2.37. The van der Waals surface area contributed by atoms with Gasteiger partial charge in [-0.1, -0.05) is 26.8 Å². The molecule has 0 aromatic heterocycles. The van der Waals surface area contributed by atoms with E-state index in [0.29, 0.717) is 23.3 Å². The Bertz CT molecular complexity index is 278. The van der Waals surface area contributed by atoms with Gasteiger partial charge in [0.15, 0.2) is 0 Å². The van der Waals surface area contributed by atoms with Crippen LogP contribution in [0, 0.1) is 17.3 Å². The van der Waals surface area contributed by atoms with E-state index in [1.165, 1.54) is 6.42 Å². The highest BCUT2D eigenvalue weighted by atomic mass is 16.5. The van der Waals surface area contributed by atoms with Crippen molar-refractivity contribution >= 4 is 0 Å². The van der Waals surface area contributed by atoms with Crippen molar-refractivity contribution in [1.29, 1.82) is 0 Å². The Hall–Kier alpha value is -0.380. The first kappa shape index (κ1) is 16.7. The van der Waals surface area contributed by atoms with Crippen LogP contribution in [0.1, 0.15) is 33.6 Å². The normalized spacial score (nSPS) is 30.5. The standard InChI is InChI=1S/C16H32N2O/c1-6-9-18(10-11-19-5)12-14-7-8-15(17)13(2)16(14,3)4/h6,13-15H,1,7-12,17H2,2-5H3. The molecule has 3 unspecified atom stereocenters. The smallest absolute Gasteiger partial charge is 0.0589 e. The van der Waals surface area contributed by atoms with E-state index < -0.39 is 0 Å². The molecule has 3 heteroatoms. The SMILES string of the molecule is C=CCN(CCOC)CC1CCC(N)C(C)C1(C)C. The third-order valence-electron chi connectivity index (χ3n) is 5.19. The highest BCUT2D eigenvalue weighted by Gasteiger charge is 2.41. The molecule has 0 radical (unpaired) electrons. The molecule has 112 valence electrons. The fourth-order valence-electron chi connectivity index (χ4n) is 3.24. The molecule has 0 bridgehead atoms. The van der Waals surface area contributed by atoms with Gasteiger partial charge in [0.25, 0.3) is 0 Å². The van der Waals surface area contributed by atoms with Crippen LogP contribution in [0.5, 0.6) is 0 Å². The zero-order valence-electron chi connectivity index (χ0n) is 13.2. The van der Waals surface area contributed by atoms with Crippen molar-refractivity contribution in [1.82, 2.24) is 4.90 Å². The van der Waals surface area contributed by atoms with Gasteiger partial charge in [0.05, 0.1) is 6.61 Å². The van der Waals surface area contributed by atoms with Crippen LogP contribution in [-0.4, -0.2) is 44.3 Å². The van der Waals surface area contributed by atoms with Crippen molar-refractivity contribution in [2.24, 2.45) is 23.0 Å². The molecule has 1 fully saturated rings. The van der Waals surface area contributed by atoms with Crippen LogP contribution >= 0.6 is 0 Å². The molecule has 0 heterocycles. The fraction of sp³-hybridized carbons (Fsp3) is 0.875. The summed E-state index contributed by atoms with van der Waals surface area (Å²) in [6.45, 7) is 14.8. The van der Waals surface area contributed by atoms with Gasteiger partial charge in [0.2, 0.25) is 0 Å². The number of nitrogens with zero attached hydrogens (tertiary/aromatic N) is 1. The maximum atomic E-state index is 6.24. The Morgan fingerprint density at radius 1 is 1.42 bits per heavy atom. The van der Waals surface area contributed by atoms with Gasteiger partial charge in [0, 0.05) is 32.8 Å². The highest BCUT2D eigenvalue weighted by molar-refractivity contribution is 4.94. The van der Waals surface area contributed by atoms with Crippen LogP contribution in [-0.2, 0) is 4.74 Å². The van der Waals surface area contributed by atoms with Crippen LogP contribution in [0.4, 0.5) is 0 Å². The summed E-state index contributed by atoms with van der Waals surface area (Å²) >= 11 is 0. The van der Waals surface area contributed by atoms with Crippen molar-refractivity contribution < 1.29 is 4.74 Å². The van der Waals surface area contributed by atoms with E-state index in [-0.39, 0.29) is 0 Å². The number of rotatable bonds is 7. The van der Waals surface area contributed by atoms with Gasteiger partial charge in [0.1, 0.15) is 0 Å². The molecule has 0 spiro atoms. The van der Waals surface area contributed by atoms with Crippen LogP contribution in [0.2, 0.25) is 0 Å². The molecule has 0 saturated heterocycles. The van der Waals surface area contributed by atoms with E-state index in [2.05, 4.69) is 32.3 Å². The largest absolute Gasteiger partial charge is 0.383 e. The van der Waals surface area contributed by atoms with E-state index in [9.17, 15) is 0 Å². The lowest BCUT2D eigenvalue weighted by molar-refractivity contribution is 0.0259. The number of hydrogen-bond acceptors (Lipinski definition) is 3. The average molecular weight is 268 g/mol. The summed E-state index contributed by atoms with van der Waals surface area (Å²) in [5, 5.41) is 0. The minimum absolute atomic E-state index is 0.310. The van der Waals surface area contributed by atoms with Gasteiger partial charge in [-0.3, -0.25) is 4.90 Å². The minimum Gasteiger partial charge on any atom is -0.383 e. The molecule has 2 N–H and O–H groups in total. The first-order valence-electron chi connectivity index (χ1n) is 7.51. The van der Waals surface area contributed by atoms with Crippen molar-refractivity contribution in [2.75, 3.05) is 33.4 Å². The molecule has 1 rings (SSSR count). The Balaban J connectivity index is 2.64. The summed E-state index contributed by atoms with van der Waals surface area (Å²) in [5.41, 5.74) is 6.55. The summed E-state index contributed by atoms with van der Waals surface area (Å²) in [6.07, 6.45) is 4.38. The summed E-state index contributed by atoms with van der Waals surface area (Å²) in [7, 11) is 1.76. The van der Waals surface area contributed by atoms with Crippen LogP contribution < -0.4 is 5.73 Å². The quantitative estimate of drug-likeness (QED) is 0.721. The van der Waals surface area contributed by atoms with Crippen molar-refractivity contribution in [3.63, 3.8) is 0 Å². The molecule has 0 aliphatic heterocycles. The highest BCUT2D eigenvalue weighted by Crippen LogP contribution is 2.44. The number of methoxy groups -OCH3 is 1. The van der Waals surface area contributed by atoms with Gasteiger partial charge >= 0.3 is 0 Å². The molecule has 3 atom stereocenters. The molecule has 1 saturated carbocycles. The van der Waals surface area contributed by atoms with Gasteiger partial charge in [-0.2, -0.15) is 0 Å². The first-order chi connectivity index (χ1) is 8.93. The molecule has 0 aromatic carbocycles. The lowest BCUT2D eigenvalue weighted by Crippen LogP contribution is -2.50. The van der Waals surface area contributed by atoms with Crippen LogP contribution in [0.3, 0.4) is 0 Å². The summed E-state index contributed by atoms with van der Waals surface area (Å²) in [5.74, 6) is 1.29. The summed E-state index contributed by atoms with van der Waals surface area (Å²) in [6, 6.07) is 0.359. The Kier molecular flexibility index (Phi) is 6.51. The molecule has 3 nitrogen and oxygen atoms in total. The molecular weight excluding hydrogens is 236 g/mol. The second-order valence-electron chi connectivity index (χ2n) is 6.59. The van der Waals surface area contributed by atoms with Gasteiger partial charge in [-0.05, 0) is 30.1 Å². The number of hydrogen-bond donors (Lipinski definition) is 1. The second-order valence-corrected chi connectivity index (χ2v) is 6.59. The Morgan fingerprint density at radius 3 is 2.68 bits per heavy atom. The third-order valence-corrected chi connectivity index (χ3v) is 5.19. The number of ether oxygens (including phenoxy) is 1. The fourth-order valence-corrected chi connectivity index (χ4v) is 3.24. The summed E-state index contributed by atoms with van der Waals surface area (Å²) < 4.78 is 5.20. The Labute approximate surface area is 119 Å². The molecule has 1 aliphatic carbocycles. The van der Waals surface area contributed by atoms with Crippen LogP contribution in [0.15, 0.2) is 12.7 Å². The second kappa shape index (κ2) is 7.41. The molecule has 19 heavy (non-hydrogen) atoms. The zero-order valence-corrected chi connectivity index (χ0v) is 13.2. The third kappa shape index (κ3) is 4.30. The van der Waals surface area contributed by atoms with Gasteiger partial charge in [-0.25, -0.2) is 0 Å². The predicted molar refractivity (Wildman–Crippen MR) is 82.2 cm³/mol. The lowest BCUT2D eigenvalue weighted by atomic mass is 9.61. The Morgan fingerprint density at radius 2 is 2.11 bits per heavy atom. The minimum atomic E-state index is 0.310. The molecule has 1 aliphatic rings. The van der Waals surface area contributed by atoms with E-state index in [1.54, 1.807) is 7.11 Å². The number of nitrogens with two attached hydrogens (primary N) is 1. The van der Waals surface area contributed by atoms with E-state index in [4.69, 9.17) is 10.5 Å². The van der Waals surface area contributed by atoms with E-state index in [0.717, 1.165) is 32.7 Å². The van der Waals surface area contributed by atoms with Crippen molar-refractivity contribution in [3.05, 3.63) is 12.7 Å². The maximum absolute atomic E-state index is 6.24. The monoisotopic (exact) mass is 268 g/mol. The van der Waals surface area contributed by atoms with Crippen molar-refractivity contribution in [3.8, 4) is 0 Å². The zero-order chi connectivity index (χ0) is 14.5. The van der Waals surface area contributed by atoms with E-state index >= 15 is 0 Å². The van der Waals surface area contributed by atoms with Crippen LogP contribution in [0.25, 0.3) is 0 Å². The summed E-state index contributed by atoms with van der Waals surface area (Å²) in [4.78, 5) is 2.45. The van der Waals surface area contributed by atoms with E-state index in [1.807, 2.05) is 6.08 Å². The lowest BCUT2D eigenvalue weighted by Gasteiger charge is -2.48. The topological polar surface area (TPSA) is 38.5 Å². The van der Waals surface area contributed by atoms with Gasteiger partial charge in [-0.15, -0.1) is 6.58 Å². The predicted octanol–water partition coefficient (Wildman–Crippen LogP) is 2.52. The molecule has 0 aromatic rings.